The van der Waals surface area contributed by atoms with Gasteiger partial charge in [-0.05, 0) is 26.2 Å². The first kappa shape index (κ1) is 22.4. The number of aromatic nitrogens is 2. The first-order valence-corrected chi connectivity index (χ1v) is 12.0. The molecule has 2 saturated heterocycles. The van der Waals surface area contributed by atoms with Crippen LogP contribution in [0.5, 0.6) is 0 Å². The fraction of sp³-hybridized carbons (Fsp3) is 0.783. The Labute approximate surface area is 185 Å². The van der Waals surface area contributed by atoms with Crippen LogP contribution in [0.2, 0.25) is 0 Å². The molecule has 1 aromatic heterocycles. The van der Waals surface area contributed by atoms with Crippen molar-refractivity contribution in [1.82, 2.24) is 24.3 Å². The maximum atomic E-state index is 12.9. The molecule has 0 N–H and O–H groups in total. The van der Waals surface area contributed by atoms with Crippen LogP contribution in [0.15, 0.2) is 10.9 Å². The Balaban J connectivity index is 1.27. The Morgan fingerprint density at radius 2 is 1.90 bits per heavy atom. The number of piperazine rings is 1. The van der Waals surface area contributed by atoms with E-state index in [1.54, 1.807) is 6.07 Å². The number of ether oxygens (including phenoxy) is 1. The maximum absolute atomic E-state index is 12.9. The van der Waals surface area contributed by atoms with E-state index in [0.29, 0.717) is 13.1 Å². The monoisotopic (exact) mass is 431 g/mol. The lowest BCUT2D eigenvalue weighted by atomic mass is 10.0. The summed E-state index contributed by atoms with van der Waals surface area (Å²) in [5, 5.41) is 0. The van der Waals surface area contributed by atoms with Crippen LogP contribution in [0.1, 0.15) is 50.0 Å². The number of aryl methyl sites for hydroxylation is 1. The quantitative estimate of drug-likeness (QED) is 0.599. The standard InChI is InChI=1S/C23H37N5O3/c1-2-31-15-14-25-10-12-26(13-11-25)18-23(30)27-9-7-19(17-27)20-16-22(29)28-8-5-3-4-6-21(28)24-20/h16,19H,2-15,17-18H2,1H3/t19-/m0/s1. The van der Waals surface area contributed by atoms with Crippen LogP contribution in [-0.4, -0.2) is 95.7 Å². The van der Waals surface area contributed by atoms with Gasteiger partial charge in [0, 0.05) is 77.4 Å². The Morgan fingerprint density at radius 1 is 1.10 bits per heavy atom. The van der Waals surface area contributed by atoms with E-state index >= 15 is 0 Å². The predicted octanol–water partition coefficient (Wildman–Crippen LogP) is 0.940. The largest absolute Gasteiger partial charge is 0.380 e. The molecule has 0 saturated carbocycles. The molecule has 0 spiro atoms. The van der Waals surface area contributed by atoms with Crippen molar-refractivity contribution in [3.05, 3.63) is 27.9 Å². The molecule has 2 fully saturated rings. The van der Waals surface area contributed by atoms with Crippen molar-refractivity contribution in [1.29, 1.82) is 0 Å². The van der Waals surface area contributed by atoms with Gasteiger partial charge in [0.25, 0.3) is 5.56 Å². The second-order valence-corrected chi connectivity index (χ2v) is 9.04. The van der Waals surface area contributed by atoms with Crippen molar-refractivity contribution in [2.75, 3.05) is 65.6 Å². The van der Waals surface area contributed by atoms with Crippen molar-refractivity contribution in [2.45, 2.75) is 51.5 Å². The minimum absolute atomic E-state index is 0.0777. The van der Waals surface area contributed by atoms with E-state index in [4.69, 9.17) is 9.72 Å². The molecule has 4 heterocycles. The molecule has 8 heteroatoms. The van der Waals surface area contributed by atoms with Gasteiger partial charge < -0.3 is 9.64 Å². The first-order valence-electron chi connectivity index (χ1n) is 12.0. The molecule has 1 amide bonds. The van der Waals surface area contributed by atoms with Crippen molar-refractivity contribution in [3.8, 4) is 0 Å². The number of likely N-dealkylation sites (tertiary alicyclic amines) is 1. The zero-order chi connectivity index (χ0) is 21.6. The van der Waals surface area contributed by atoms with E-state index < -0.39 is 0 Å². The summed E-state index contributed by atoms with van der Waals surface area (Å²) in [6, 6.07) is 1.72. The molecule has 3 aliphatic heterocycles. The van der Waals surface area contributed by atoms with Crippen LogP contribution in [0.3, 0.4) is 0 Å². The average molecular weight is 432 g/mol. The Morgan fingerprint density at radius 3 is 2.71 bits per heavy atom. The van der Waals surface area contributed by atoms with E-state index in [-0.39, 0.29) is 17.4 Å². The molecule has 1 aromatic rings. The van der Waals surface area contributed by atoms with Gasteiger partial charge in [0.1, 0.15) is 5.82 Å². The molecule has 0 unspecified atom stereocenters. The highest BCUT2D eigenvalue weighted by Gasteiger charge is 2.30. The van der Waals surface area contributed by atoms with Gasteiger partial charge in [0.2, 0.25) is 5.91 Å². The second-order valence-electron chi connectivity index (χ2n) is 9.04. The molecule has 31 heavy (non-hydrogen) atoms. The van der Waals surface area contributed by atoms with Crippen LogP contribution in [-0.2, 0) is 22.5 Å². The van der Waals surface area contributed by atoms with Crippen molar-refractivity contribution in [2.24, 2.45) is 0 Å². The summed E-state index contributed by atoms with van der Waals surface area (Å²) in [6.07, 6.45) is 5.09. The molecule has 3 aliphatic rings. The highest BCUT2D eigenvalue weighted by molar-refractivity contribution is 5.78. The smallest absolute Gasteiger partial charge is 0.253 e. The van der Waals surface area contributed by atoms with Gasteiger partial charge in [-0.25, -0.2) is 4.98 Å². The summed E-state index contributed by atoms with van der Waals surface area (Å²) in [4.78, 5) is 37.0. The van der Waals surface area contributed by atoms with Gasteiger partial charge in [-0.15, -0.1) is 0 Å². The number of carbonyl (C=O) groups excluding carboxylic acids is 1. The third-order valence-electron chi connectivity index (χ3n) is 6.93. The van der Waals surface area contributed by atoms with E-state index in [0.717, 1.165) is 103 Å². The zero-order valence-corrected chi connectivity index (χ0v) is 18.9. The highest BCUT2D eigenvalue weighted by atomic mass is 16.5. The van der Waals surface area contributed by atoms with Crippen molar-refractivity contribution < 1.29 is 9.53 Å². The van der Waals surface area contributed by atoms with E-state index in [1.807, 2.05) is 16.4 Å². The zero-order valence-electron chi connectivity index (χ0n) is 18.9. The van der Waals surface area contributed by atoms with E-state index in [1.165, 1.54) is 0 Å². The van der Waals surface area contributed by atoms with Crippen LogP contribution in [0, 0.1) is 0 Å². The average Bonchev–Trinajstić information content (AvgIpc) is 3.15. The summed E-state index contributed by atoms with van der Waals surface area (Å²) >= 11 is 0. The lowest BCUT2D eigenvalue weighted by Crippen LogP contribution is -2.50. The van der Waals surface area contributed by atoms with Gasteiger partial charge in [-0.1, -0.05) is 6.42 Å². The summed E-state index contributed by atoms with van der Waals surface area (Å²) in [6.45, 7) is 11.1. The summed E-state index contributed by atoms with van der Waals surface area (Å²) in [5.41, 5.74) is 0.963. The minimum atomic E-state index is 0.0777. The molecule has 0 aromatic carbocycles. The maximum Gasteiger partial charge on any atom is 0.253 e. The molecular formula is C23H37N5O3. The van der Waals surface area contributed by atoms with Crippen molar-refractivity contribution >= 4 is 5.91 Å². The number of hydrogen-bond donors (Lipinski definition) is 0. The number of fused-ring (bicyclic) bond motifs is 1. The van der Waals surface area contributed by atoms with Crippen molar-refractivity contribution in [3.63, 3.8) is 0 Å². The number of amides is 1. The van der Waals surface area contributed by atoms with Crippen LogP contribution >= 0.6 is 0 Å². The minimum Gasteiger partial charge on any atom is -0.380 e. The first-order chi connectivity index (χ1) is 15.1. The topological polar surface area (TPSA) is 70.9 Å². The molecule has 1 atom stereocenters. The van der Waals surface area contributed by atoms with Gasteiger partial charge in [-0.3, -0.25) is 24.0 Å². The molecule has 8 nitrogen and oxygen atoms in total. The lowest BCUT2D eigenvalue weighted by molar-refractivity contribution is -0.131. The molecule has 0 radical (unpaired) electrons. The highest BCUT2D eigenvalue weighted by Crippen LogP contribution is 2.26. The van der Waals surface area contributed by atoms with Gasteiger partial charge >= 0.3 is 0 Å². The summed E-state index contributed by atoms with van der Waals surface area (Å²) in [5.74, 6) is 1.32. The van der Waals surface area contributed by atoms with Crippen LogP contribution in [0.4, 0.5) is 0 Å². The molecule has 172 valence electrons. The van der Waals surface area contributed by atoms with E-state index in [2.05, 4.69) is 9.80 Å². The van der Waals surface area contributed by atoms with Gasteiger partial charge in [0.15, 0.2) is 0 Å². The number of carbonyl (C=O) groups is 1. The van der Waals surface area contributed by atoms with Gasteiger partial charge in [-0.2, -0.15) is 0 Å². The number of rotatable bonds is 7. The van der Waals surface area contributed by atoms with Crippen LogP contribution in [0.25, 0.3) is 0 Å². The predicted molar refractivity (Wildman–Crippen MR) is 119 cm³/mol. The molecular weight excluding hydrogens is 394 g/mol. The summed E-state index contributed by atoms with van der Waals surface area (Å²) < 4.78 is 7.29. The Hall–Kier alpha value is -1.77. The Bertz CT molecular complexity index is 803. The molecule has 0 bridgehead atoms. The SMILES string of the molecule is CCOCCN1CCN(CC(=O)N2CC[C@H](c3cc(=O)n4c(n3)CCCCC4)C2)CC1. The third kappa shape index (κ3) is 5.73. The van der Waals surface area contributed by atoms with Gasteiger partial charge in [0.05, 0.1) is 18.8 Å². The fourth-order valence-corrected chi connectivity index (χ4v) is 4.97. The fourth-order valence-electron chi connectivity index (χ4n) is 4.97. The normalized spacial score (nSPS) is 23.0. The molecule has 0 aliphatic carbocycles. The Kier molecular flexibility index (Phi) is 7.74. The van der Waals surface area contributed by atoms with E-state index in [9.17, 15) is 9.59 Å². The number of nitrogens with zero attached hydrogens (tertiary/aromatic N) is 5. The third-order valence-corrected chi connectivity index (χ3v) is 6.93. The molecule has 4 rings (SSSR count). The lowest BCUT2D eigenvalue weighted by Gasteiger charge is -2.34. The number of hydrogen-bond acceptors (Lipinski definition) is 6. The van der Waals surface area contributed by atoms with Crippen LogP contribution < -0.4 is 5.56 Å². The second kappa shape index (κ2) is 10.7. The summed E-state index contributed by atoms with van der Waals surface area (Å²) in [7, 11) is 0.